The smallest absolute Gasteiger partial charge is 0.407 e. The van der Waals surface area contributed by atoms with E-state index in [1.54, 1.807) is 19.5 Å². The molecule has 1 aliphatic rings. The molecule has 3 heterocycles. The second kappa shape index (κ2) is 8.64. The largest absolute Gasteiger partial charge is 0.495 e. The maximum Gasteiger partial charge on any atom is 0.407 e. The molecule has 0 unspecified atom stereocenters. The Kier molecular flexibility index (Phi) is 6.23. The van der Waals surface area contributed by atoms with Gasteiger partial charge in [0.05, 0.1) is 22.9 Å². The van der Waals surface area contributed by atoms with Gasteiger partial charge in [0.25, 0.3) is 5.91 Å². The molecule has 0 radical (unpaired) electrons. The number of carbonyl (C=O) groups excluding carboxylic acids is 2. The minimum atomic E-state index is -0.372. The van der Waals surface area contributed by atoms with Crippen molar-refractivity contribution in [2.75, 3.05) is 32.1 Å². The third-order valence-electron chi connectivity index (χ3n) is 4.61. The number of hydrogen-bond acceptors (Lipinski definition) is 7. The minimum absolute atomic E-state index is 0.0520. The maximum absolute atomic E-state index is 12.1. The van der Waals surface area contributed by atoms with Gasteiger partial charge in [-0.3, -0.25) is 4.79 Å². The van der Waals surface area contributed by atoms with Gasteiger partial charge < -0.3 is 25.0 Å². The van der Waals surface area contributed by atoms with Gasteiger partial charge in [-0.15, -0.1) is 11.3 Å². The zero-order valence-corrected chi connectivity index (χ0v) is 17.4. The number of rotatable bonds is 5. The van der Waals surface area contributed by atoms with Gasteiger partial charge in [0.15, 0.2) is 0 Å². The van der Waals surface area contributed by atoms with Gasteiger partial charge in [-0.2, -0.15) is 0 Å². The molecule has 0 bridgehead atoms. The van der Waals surface area contributed by atoms with Gasteiger partial charge in [0.1, 0.15) is 17.7 Å². The van der Waals surface area contributed by atoms with E-state index in [1.165, 1.54) is 11.3 Å². The summed E-state index contributed by atoms with van der Waals surface area (Å²) in [4.78, 5) is 30.8. The first-order valence-electron chi connectivity index (χ1n) is 9.33. The van der Waals surface area contributed by atoms with Crippen molar-refractivity contribution in [3.8, 4) is 5.75 Å². The van der Waals surface area contributed by atoms with E-state index in [0.29, 0.717) is 29.9 Å². The van der Waals surface area contributed by atoms with Crippen LogP contribution in [0.1, 0.15) is 37.0 Å². The zero-order valence-electron chi connectivity index (χ0n) is 16.6. The Bertz CT molecular complexity index is 859. The van der Waals surface area contributed by atoms with Crippen molar-refractivity contribution in [3.63, 3.8) is 0 Å². The van der Waals surface area contributed by atoms with E-state index in [0.717, 1.165) is 23.4 Å². The van der Waals surface area contributed by atoms with Crippen LogP contribution in [0.5, 0.6) is 5.75 Å². The van der Waals surface area contributed by atoms with Gasteiger partial charge >= 0.3 is 6.09 Å². The van der Waals surface area contributed by atoms with Gasteiger partial charge in [-0.1, -0.05) is 0 Å². The number of pyridine rings is 1. The standard InChI is InChI=1S/C19H26N4O4S/c1-11(2)21-19(25)27-12-5-7-23(8-6-12)15-9-14(26-4)17-16(22-15)13(10-28-17)18(24)20-3/h9-12H,5-8H2,1-4H3,(H,20,24)(H,21,25). The summed E-state index contributed by atoms with van der Waals surface area (Å²) in [5.74, 6) is 1.30. The van der Waals surface area contributed by atoms with Crippen LogP contribution < -0.4 is 20.3 Å². The van der Waals surface area contributed by atoms with Crippen LogP contribution in [0.2, 0.25) is 0 Å². The van der Waals surface area contributed by atoms with E-state index >= 15 is 0 Å². The fourth-order valence-electron chi connectivity index (χ4n) is 3.20. The summed E-state index contributed by atoms with van der Waals surface area (Å²) in [6.07, 6.45) is 0.963. The first kappa shape index (κ1) is 20.2. The summed E-state index contributed by atoms with van der Waals surface area (Å²) in [5.41, 5.74) is 1.19. The quantitative estimate of drug-likeness (QED) is 0.793. The Balaban J connectivity index is 1.75. The average molecular weight is 407 g/mol. The number of fused-ring (bicyclic) bond motifs is 1. The Hall–Kier alpha value is -2.55. The SMILES string of the molecule is CNC(=O)c1csc2c(OC)cc(N3CCC(OC(=O)NC(C)C)CC3)nc12. The number of hydrogen-bond donors (Lipinski definition) is 2. The Labute approximate surface area is 168 Å². The highest BCUT2D eigenvalue weighted by Gasteiger charge is 2.25. The summed E-state index contributed by atoms with van der Waals surface area (Å²) < 4.78 is 11.9. The molecule has 2 aromatic rings. The van der Waals surface area contributed by atoms with E-state index in [1.807, 2.05) is 19.9 Å². The number of nitrogens with zero attached hydrogens (tertiary/aromatic N) is 2. The van der Waals surface area contributed by atoms with E-state index < -0.39 is 0 Å². The monoisotopic (exact) mass is 406 g/mol. The lowest BCUT2D eigenvalue weighted by Gasteiger charge is -2.32. The van der Waals surface area contributed by atoms with Crippen LogP contribution in [0, 0.1) is 0 Å². The number of anilines is 1. The third kappa shape index (κ3) is 4.30. The lowest BCUT2D eigenvalue weighted by Crippen LogP contribution is -2.41. The minimum Gasteiger partial charge on any atom is -0.495 e. The second-order valence-electron chi connectivity index (χ2n) is 6.98. The first-order valence-corrected chi connectivity index (χ1v) is 10.2. The number of thiophene rings is 1. The van der Waals surface area contributed by atoms with E-state index in [9.17, 15) is 9.59 Å². The fourth-order valence-corrected chi connectivity index (χ4v) is 4.18. The molecular weight excluding hydrogens is 380 g/mol. The van der Waals surface area contributed by atoms with Crippen molar-refractivity contribution in [1.29, 1.82) is 0 Å². The molecule has 3 rings (SSSR count). The van der Waals surface area contributed by atoms with Crippen LogP contribution in [-0.4, -0.2) is 56.4 Å². The van der Waals surface area contributed by atoms with Crippen molar-refractivity contribution < 1.29 is 19.1 Å². The highest BCUT2D eigenvalue weighted by atomic mass is 32.1. The van der Waals surface area contributed by atoms with Crippen LogP contribution in [0.15, 0.2) is 11.4 Å². The normalized spacial score (nSPS) is 15.0. The number of alkyl carbamates (subject to hydrolysis) is 1. The van der Waals surface area contributed by atoms with Crippen LogP contribution in [0.3, 0.4) is 0 Å². The van der Waals surface area contributed by atoms with E-state index in [2.05, 4.69) is 15.5 Å². The van der Waals surface area contributed by atoms with Crippen molar-refractivity contribution in [2.45, 2.75) is 38.8 Å². The number of ether oxygens (including phenoxy) is 2. The average Bonchev–Trinajstić information content (AvgIpc) is 3.10. The van der Waals surface area contributed by atoms with Crippen molar-refractivity contribution in [2.24, 2.45) is 0 Å². The van der Waals surface area contributed by atoms with Gasteiger partial charge in [0, 0.05) is 50.5 Å². The molecule has 0 saturated carbocycles. The van der Waals surface area contributed by atoms with Gasteiger partial charge in [-0.05, 0) is 13.8 Å². The molecule has 152 valence electrons. The molecule has 1 aliphatic heterocycles. The predicted octanol–water partition coefficient (Wildman–Crippen LogP) is 2.77. The van der Waals surface area contributed by atoms with E-state index in [4.69, 9.17) is 14.5 Å². The Morgan fingerprint density at radius 2 is 2.04 bits per heavy atom. The number of carbonyl (C=O) groups is 2. The number of nitrogens with one attached hydrogen (secondary N) is 2. The predicted molar refractivity (Wildman–Crippen MR) is 110 cm³/mol. The van der Waals surface area contributed by atoms with Gasteiger partial charge in [-0.25, -0.2) is 9.78 Å². The van der Waals surface area contributed by atoms with Crippen molar-refractivity contribution >= 4 is 39.4 Å². The number of methoxy groups -OCH3 is 1. The van der Waals surface area contributed by atoms with Crippen LogP contribution in [0.4, 0.5) is 10.6 Å². The Morgan fingerprint density at radius 3 is 2.64 bits per heavy atom. The van der Waals surface area contributed by atoms with Crippen molar-refractivity contribution in [1.82, 2.24) is 15.6 Å². The molecule has 2 aromatic heterocycles. The summed E-state index contributed by atoms with van der Waals surface area (Å²) >= 11 is 1.44. The second-order valence-corrected chi connectivity index (χ2v) is 7.86. The molecule has 2 amide bonds. The zero-order chi connectivity index (χ0) is 20.3. The summed E-state index contributed by atoms with van der Waals surface area (Å²) in [6, 6.07) is 1.95. The van der Waals surface area contributed by atoms with Crippen LogP contribution in [0.25, 0.3) is 10.2 Å². The van der Waals surface area contributed by atoms with Crippen molar-refractivity contribution in [3.05, 3.63) is 17.0 Å². The molecule has 28 heavy (non-hydrogen) atoms. The topological polar surface area (TPSA) is 92.8 Å². The molecular formula is C19H26N4O4S. The Morgan fingerprint density at radius 1 is 1.32 bits per heavy atom. The number of amides is 2. The highest BCUT2D eigenvalue weighted by Crippen LogP contribution is 2.36. The molecule has 9 heteroatoms. The molecule has 8 nitrogen and oxygen atoms in total. The number of aromatic nitrogens is 1. The lowest BCUT2D eigenvalue weighted by atomic mass is 10.1. The molecule has 0 aromatic carbocycles. The number of piperidine rings is 1. The molecule has 0 spiro atoms. The van der Waals surface area contributed by atoms with Crippen LogP contribution in [-0.2, 0) is 4.74 Å². The van der Waals surface area contributed by atoms with Crippen LogP contribution >= 0.6 is 11.3 Å². The fraction of sp³-hybridized carbons (Fsp3) is 0.526. The molecule has 2 N–H and O–H groups in total. The third-order valence-corrected chi connectivity index (χ3v) is 5.60. The maximum atomic E-state index is 12.1. The summed E-state index contributed by atoms with van der Waals surface area (Å²) in [7, 11) is 3.22. The summed E-state index contributed by atoms with van der Waals surface area (Å²) in [5, 5.41) is 7.20. The molecule has 0 atom stereocenters. The van der Waals surface area contributed by atoms with E-state index in [-0.39, 0.29) is 24.1 Å². The molecule has 1 fully saturated rings. The van der Waals surface area contributed by atoms with Gasteiger partial charge in [0.2, 0.25) is 0 Å². The lowest BCUT2D eigenvalue weighted by molar-refractivity contribution is 0.0814. The molecule has 0 aliphatic carbocycles. The molecule has 1 saturated heterocycles. The highest BCUT2D eigenvalue weighted by molar-refractivity contribution is 7.18. The summed E-state index contributed by atoms with van der Waals surface area (Å²) in [6.45, 7) is 5.22. The first-order chi connectivity index (χ1) is 13.4.